The van der Waals surface area contributed by atoms with E-state index in [9.17, 15) is 14.3 Å². The molecule has 2 N–H and O–H groups in total. The molecule has 6 heteroatoms. The second-order valence-corrected chi connectivity index (χ2v) is 4.43. The van der Waals surface area contributed by atoms with E-state index in [0.29, 0.717) is 4.47 Å². The topological polar surface area (TPSA) is 70.7 Å². The Morgan fingerprint density at radius 1 is 1.39 bits per heavy atom. The molecule has 1 atom stereocenters. The summed E-state index contributed by atoms with van der Waals surface area (Å²) in [6, 6.07) is 4.99. The molecule has 0 aliphatic heterocycles. The Hall–Kier alpha value is -1.66. The van der Waals surface area contributed by atoms with Gasteiger partial charge in [0.2, 0.25) is 0 Å². The van der Waals surface area contributed by atoms with E-state index in [1.165, 1.54) is 18.2 Å². The number of hydrogen-bond acceptors (Lipinski definition) is 3. The highest BCUT2D eigenvalue weighted by Crippen LogP contribution is 2.31. The van der Waals surface area contributed by atoms with Crippen LogP contribution in [0.1, 0.15) is 27.8 Å². The Labute approximate surface area is 110 Å². The Morgan fingerprint density at radius 2 is 2.11 bits per heavy atom. The Bertz CT molecular complexity index is 594. The third-order valence-corrected chi connectivity index (χ3v) is 3.15. The number of hydrogen-bond donors (Lipinski definition) is 2. The lowest BCUT2D eigenvalue weighted by Crippen LogP contribution is -2.06. The molecule has 4 nitrogen and oxygen atoms in total. The number of furan rings is 1. The fourth-order valence-electron chi connectivity index (χ4n) is 1.57. The van der Waals surface area contributed by atoms with Gasteiger partial charge in [-0.3, -0.25) is 0 Å². The molecule has 0 radical (unpaired) electrons. The predicted molar refractivity (Wildman–Crippen MR) is 63.8 cm³/mol. The number of benzene rings is 1. The highest BCUT2D eigenvalue weighted by molar-refractivity contribution is 9.10. The molecule has 0 saturated heterocycles. The van der Waals surface area contributed by atoms with Crippen molar-refractivity contribution < 1.29 is 23.8 Å². The van der Waals surface area contributed by atoms with Crippen molar-refractivity contribution in [3.8, 4) is 0 Å². The molecule has 0 saturated carbocycles. The lowest BCUT2D eigenvalue weighted by molar-refractivity contribution is 0.0687. The van der Waals surface area contributed by atoms with Crippen LogP contribution in [0.15, 0.2) is 39.4 Å². The number of carboxylic acids is 1. The van der Waals surface area contributed by atoms with Gasteiger partial charge in [0, 0.05) is 10.0 Å². The Morgan fingerprint density at radius 3 is 2.78 bits per heavy atom. The van der Waals surface area contributed by atoms with Gasteiger partial charge in [0.25, 0.3) is 0 Å². The number of carbonyl (C=O) groups is 1. The van der Waals surface area contributed by atoms with Crippen LogP contribution in [0.4, 0.5) is 4.39 Å². The van der Waals surface area contributed by atoms with Crippen molar-refractivity contribution in [2.45, 2.75) is 6.10 Å². The third kappa shape index (κ3) is 2.30. The van der Waals surface area contributed by atoms with Gasteiger partial charge >= 0.3 is 5.97 Å². The predicted octanol–water partition coefficient (Wildman–Crippen LogP) is 2.96. The van der Waals surface area contributed by atoms with Crippen LogP contribution in [0.25, 0.3) is 0 Å². The van der Waals surface area contributed by atoms with Crippen LogP contribution in [0.2, 0.25) is 0 Å². The van der Waals surface area contributed by atoms with Crippen molar-refractivity contribution in [2.75, 3.05) is 0 Å². The zero-order valence-electron chi connectivity index (χ0n) is 8.93. The van der Waals surface area contributed by atoms with E-state index in [-0.39, 0.29) is 16.9 Å². The molecule has 0 aliphatic rings. The minimum absolute atomic E-state index is 0.131. The lowest BCUT2D eigenvalue weighted by atomic mass is 10.0. The monoisotopic (exact) mass is 314 g/mol. The smallest absolute Gasteiger partial charge is 0.339 e. The average Bonchev–Trinajstić information content (AvgIpc) is 2.80. The highest BCUT2D eigenvalue weighted by atomic mass is 79.9. The number of aliphatic hydroxyl groups excluding tert-OH is 1. The van der Waals surface area contributed by atoms with E-state index in [1.54, 1.807) is 0 Å². The fourth-order valence-corrected chi connectivity index (χ4v) is 2.04. The van der Waals surface area contributed by atoms with Crippen molar-refractivity contribution in [3.63, 3.8) is 0 Å². The average molecular weight is 315 g/mol. The third-order valence-electron chi connectivity index (χ3n) is 2.43. The van der Waals surface area contributed by atoms with E-state index >= 15 is 0 Å². The van der Waals surface area contributed by atoms with Gasteiger partial charge in [-0.2, -0.15) is 0 Å². The van der Waals surface area contributed by atoms with Crippen LogP contribution in [-0.2, 0) is 0 Å². The van der Waals surface area contributed by atoms with Crippen molar-refractivity contribution in [1.82, 2.24) is 0 Å². The zero-order chi connectivity index (χ0) is 13.3. The number of aromatic carboxylic acids is 1. The van der Waals surface area contributed by atoms with Crippen LogP contribution in [-0.4, -0.2) is 16.2 Å². The molecule has 0 spiro atoms. The first-order chi connectivity index (χ1) is 8.50. The first-order valence-electron chi connectivity index (χ1n) is 4.94. The van der Waals surface area contributed by atoms with Gasteiger partial charge in [0.15, 0.2) is 5.76 Å². The van der Waals surface area contributed by atoms with E-state index in [0.717, 1.165) is 12.3 Å². The fraction of sp³-hybridized carbons (Fsp3) is 0.0833. The Kier molecular flexibility index (Phi) is 3.49. The second-order valence-electron chi connectivity index (χ2n) is 3.57. The normalized spacial score (nSPS) is 12.4. The molecule has 1 heterocycles. The van der Waals surface area contributed by atoms with Gasteiger partial charge in [-0.25, -0.2) is 9.18 Å². The second kappa shape index (κ2) is 4.91. The summed E-state index contributed by atoms with van der Waals surface area (Å²) in [5.74, 6) is -1.88. The van der Waals surface area contributed by atoms with Crippen LogP contribution >= 0.6 is 15.9 Å². The molecule has 2 rings (SSSR count). The van der Waals surface area contributed by atoms with Crippen molar-refractivity contribution in [2.24, 2.45) is 0 Å². The van der Waals surface area contributed by atoms with Gasteiger partial charge in [0.05, 0.1) is 6.26 Å². The summed E-state index contributed by atoms with van der Waals surface area (Å²) in [4.78, 5) is 10.9. The molecule has 2 aromatic rings. The molecular formula is C12H8BrFO4. The lowest BCUT2D eigenvalue weighted by Gasteiger charge is -2.11. The quantitative estimate of drug-likeness (QED) is 0.913. The standard InChI is InChI=1S/C12H8BrFO4/c13-9-2-1-6(14)5-8(9)10(15)11-7(12(16)17)3-4-18-11/h1-5,10,15H,(H,16,17). The maximum absolute atomic E-state index is 13.1. The maximum Gasteiger partial charge on any atom is 0.339 e. The van der Waals surface area contributed by atoms with E-state index in [2.05, 4.69) is 15.9 Å². The molecule has 0 bridgehead atoms. The molecular weight excluding hydrogens is 307 g/mol. The first-order valence-corrected chi connectivity index (χ1v) is 5.73. The molecule has 18 heavy (non-hydrogen) atoms. The minimum Gasteiger partial charge on any atom is -0.478 e. The SMILES string of the molecule is O=C(O)c1ccoc1C(O)c1cc(F)ccc1Br. The molecule has 1 aromatic carbocycles. The molecule has 1 unspecified atom stereocenters. The summed E-state index contributed by atoms with van der Waals surface area (Å²) < 4.78 is 18.6. The van der Waals surface area contributed by atoms with Crippen molar-refractivity contribution in [1.29, 1.82) is 0 Å². The minimum atomic E-state index is -1.35. The summed E-state index contributed by atoms with van der Waals surface area (Å²) in [7, 11) is 0. The van der Waals surface area contributed by atoms with Crippen molar-refractivity contribution in [3.05, 3.63) is 57.7 Å². The number of halogens is 2. The van der Waals surface area contributed by atoms with E-state index < -0.39 is 17.9 Å². The van der Waals surface area contributed by atoms with E-state index in [4.69, 9.17) is 9.52 Å². The van der Waals surface area contributed by atoms with Gasteiger partial charge in [0.1, 0.15) is 17.5 Å². The summed E-state index contributed by atoms with van der Waals surface area (Å²) in [6.45, 7) is 0. The summed E-state index contributed by atoms with van der Waals surface area (Å²) in [5.41, 5.74) is 0.0473. The van der Waals surface area contributed by atoms with Crippen LogP contribution in [0, 0.1) is 5.82 Å². The number of rotatable bonds is 3. The molecule has 0 amide bonds. The van der Waals surface area contributed by atoms with Crippen LogP contribution in [0.5, 0.6) is 0 Å². The van der Waals surface area contributed by atoms with Gasteiger partial charge in [-0.05, 0) is 24.3 Å². The highest BCUT2D eigenvalue weighted by Gasteiger charge is 2.24. The largest absolute Gasteiger partial charge is 0.478 e. The maximum atomic E-state index is 13.1. The number of carboxylic acid groups (broad SMARTS) is 1. The summed E-state index contributed by atoms with van der Waals surface area (Å²) >= 11 is 3.16. The van der Waals surface area contributed by atoms with Crippen molar-refractivity contribution >= 4 is 21.9 Å². The molecule has 0 fully saturated rings. The van der Waals surface area contributed by atoms with Gasteiger partial charge in [-0.15, -0.1) is 0 Å². The molecule has 94 valence electrons. The first kappa shape index (κ1) is 12.8. The number of aliphatic hydroxyl groups is 1. The summed E-state index contributed by atoms with van der Waals surface area (Å²) in [6.07, 6.45) is -0.189. The van der Waals surface area contributed by atoms with E-state index in [1.807, 2.05) is 0 Å². The Balaban J connectivity index is 2.47. The molecule has 1 aromatic heterocycles. The van der Waals surface area contributed by atoms with Gasteiger partial charge in [-0.1, -0.05) is 15.9 Å². The van der Waals surface area contributed by atoms with Crippen LogP contribution in [0.3, 0.4) is 0 Å². The zero-order valence-corrected chi connectivity index (χ0v) is 10.5. The van der Waals surface area contributed by atoms with Crippen LogP contribution < -0.4 is 0 Å². The van der Waals surface area contributed by atoms with Gasteiger partial charge < -0.3 is 14.6 Å². The summed E-state index contributed by atoms with van der Waals surface area (Å²) in [5, 5.41) is 19.0. The molecule has 0 aliphatic carbocycles.